The molecular formula is C25H27N3O4. The van der Waals surface area contributed by atoms with E-state index in [1.807, 2.05) is 30.3 Å². The van der Waals surface area contributed by atoms with E-state index in [0.29, 0.717) is 22.6 Å². The van der Waals surface area contributed by atoms with E-state index in [9.17, 15) is 9.59 Å². The fourth-order valence-corrected chi connectivity index (χ4v) is 4.16. The third-order valence-electron chi connectivity index (χ3n) is 5.84. The van der Waals surface area contributed by atoms with Crippen molar-refractivity contribution in [3.63, 3.8) is 0 Å². The Balaban J connectivity index is 1.52. The molecule has 3 aromatic rings. The first-order chi connectivity index (χ1) is 15.6. The van der Waals surface area contributed by atoms with Crippen LogP contribution in [-0.4, -0.2) is 29.9 Å². The minimum atomic E-state index is -0.246. The van der Waals surface area contributed by atoms with Crippen molar-refractivity contribution in [3.8, 4) is 11.5 Å². The van der Waals surface area contributed by atoms with Crippen LogP contribution >= 0.6 is 0 Å². The number of hydrogen-bond acceptors (Lipinski definition) is 5. The van der Waals surface area contributed by atoms with Gasteiger partial charge in [-0.1, -0.05) is 37.1 Å². The first-order valence-electron chi connectivity index (χ1n) is 10.8. The highest BCUT2D eigenvalue weighted by Crippen LogP contribution is 2.29. The predicted octanol–water partition coefficient (Wildman–Crippen LogP) is 3.86. The van der Waals surface area contributed by atoms with Gasteiger partial charge >= 0.3 is 0 Å². The number of nitrogens with one attached hydrogen (secondary N) is 1. The maximum atomic E-state index is 12.9. The summed E-state index contributed by atoms with van der Waals surface area (Å²) in [5, 5.41) is 8.95. The topological polar surface area (TPSA) is 82.5 Å². The van der Waals surface area contributed by atoms with Gasteiger partial charge < -0.3 is 14.8 Å². The zero-order valence-corrected chi connectivity index (χ0v) is 18.3. The predicted molar refractivity (Wildman–Crippen MR) is 124 cm³/mol. The first-order valence-corrected chi connectivity index (χ1v) is 10.8. The zero-order chi connectivity index (χ0) is 22.5. The lowest BCUT2D eigenvalue weighted by molar-refractivity contribution is -0.116. The van der Waals surface area contributed by atoms with E-state index in [1.165, 1.54) is 6.08 Å². The number of aromatic nitrogens is 2. The monoisotopic (exact) mass is 433 g/mol. The second kappa shape index (κ2) is 9.68. The Bertz CT molecular complexity index is 1210. The Hall–Kier alpha value is -3.61. The summed E-state index contributed by atoms with van der Waals surface area (Å²) in [4.78, 5) is 25.4. The lowest BCUT2D eigenvalue weighted by atomic mass is 10.1. The number of fused-ring (bicyclic) bond motifs is 1. The Kier molecular flexibility index (Phi) is 6.54. The van der Waals surface area contributed by atoms with E-state index in [1.54, 1.807) is 37.1 Å². The van der Waals surface area contributed by atoms with Crippen molar-refractivity contribution >= 4 is 22.8 Å². The van der Waals surface area contributed by atoms with Crippen molar-refractivity contribution in [2.75, 3.05) is 14.2 Å². The zero-order valence-electron chi connectivity index (χ0n) is 18.3. The molecule has 0 spiro atoms. The number of rotatable bonds is 7. The molecular weight excluding hydrogens is 406 g/mol. The molecule has 1 aromatic heterocycles. The van der Waals surface area contributed by atoms with Crippen LogP contribution in [0.2, 0.25) is 0 Å². The van der Waals surface area contributed by atoms with Gasteiger partial charge in [0, 0.05) is 11.5 Å². The van der Waals surface area contributed by atoms with E-state index in [4.69, 9.17) is 9.47 Å². The normalized spacial score (nSPS) is 14.2. The van der Waals surface area contributed by atoms with E-state index in [0.717, 1.165) is 36.6 Å². The van der Waals surface area contributed by atoms with Crippen molar-refractivity contribution in [2.45, 2.75) is 38.3 Å². The van der Waals surface area contributed by atoms with Crippen molar-refractivity contribution in [1.29, 1.82) is 0 Å². The Morgan fingerprint density at radius 1 is 1.09 bits per heavy atom. The van der Waals surface area contributed by atoms with Crippen LogP contribution in [0, 0.1) is 0 Å². The summed E-state index contributed by atoms with van der Waals surface area (Å²) in [7, 11) is 3.15. The van der Waals surface area contributed by atoms with Gasteiger partial charge in [0.05, 0.1) is 37.9 Å². The highest BCUT2D eigenvalue weighted by Gasteiger charge is 2.21. The molecule has 0 atom stereocenters. The van der Waals surface area contributed by atoms with Crippen molar-refractivity contribution < 1.29 is 14.3 Å². The number of benzene rings is 2. The SMILES string of the molecule is COc1ccc(C=CC(=O)NCc2nn(C3CCCC3)c(=O)c3ccccc23)cc1OC. The molecule has 1 fully saturated rings. The minimum absolute atomic E-state index is 0.0593. The first kappa shape index (κ1) is 21.6. The summed E-state index contributed by atoms with van der Waals surface area (Å²) < 4.78 is 12.2. The van der Waals surface area contributed by atoms with Gasteiger partial charge in [-0.25, -0.2) is 4.68 Å². The van der Waals surface area contributed by atoms with Crippen molar-refractivity contribution in [2.24, 2.45) is 0 Å². The number of carbonyl (C=O) groups excluding carboxylic acids is 1. The van der Waals surface area contributed by atoms with Gasteiger partial charge in [0.1, 0.15) is 0 Å². The summed E-state index contributed by atoms with van der Waals surface area (Å²) in [5.41, 5.74) is 1.45. The van der Waals surface area contributed by atoms with Crippen LogP contribution in [0.15, 0.2) is 53.3 Å². The van der Waals surface area contributed by atoms with Crippen LogP contribution in [0.3, 0.4) is 0 Å². The van der Waals surface area contributed by atoms with Crippen LogP contribution in [0.1, 0.15) is 43.0 Å². The van der Waals surface area contributed by atoms with Gasteiger partial charge in [0.2, 0.25) is 5.91 Å². The van der Waals surface area contributed by atoms with E-state index in [2.05, 4.69) is 10.4 Å². The molecule has 1 aliphatic rings. The van der Waals surface area contributed by atoms with Gasteiger partial charge in [-0.05, 0) is 42.7 Å². The van der Waals surface area contributed by atoms with E-state index >= 15 is 0 Å². The van der Waals surface area contributed by atoms with Crippen LogP contribution in [0.4, 0.5) is 0 Å². The van der Waals surface area contributed by atoms with Crippen LogP contribution < -0.4 is 20.3 Å². The molecule has 7 nitrogen and oxygen atoms in total. The summed E-state index contributed by atoms with van der Waals surface area (Å²) in [6, 6.07) is 13.0. The Morgan fingerprint density at radius 3 is 2.53 bits per heavy atom. The van der Waals surface area contributed by atoms with Gasteiger partial charge in [-0.2, -0.15) is 5.10 Å². The average Bonchev–Trinajstić information content (AvgIpc) is 3.37. The molecule has 0 aliphatic heterocycles. The van der Waals surface area contributed by atoms with Gasteiger partial charge in [0.15, 0.2) is 11.5 Å². The maximum Gasteiger partial charge on any atom is 0.274 e. The number of hydrogen-bond donors (Lipinski definition) is 1. The Labute approximate surface area is 186 Å². The summed E-state index contributed by atoms with van der Waals surface area (Å²) >= 11 is 0. The lowest BCUT2D eigenvalue weighted by Gasteiger charge is -2.16. The van der Waals surface area contributed by atoms with Crippen LogP contribution in [-0.2, 0) is 11.3 Å². The molecule has 0 radical (unpaired) electrons. The Morgan fingerprint density at radius 2 is 1.81 bits per heavy atom. The summed E-state index contributed by atoms with van der Waals surface area (Å²) in [5.74, 6) is 0.980. The second-order valence-electron chi connectivity index (χ2n) is 7.85. The molecule has 1 saturated carbocycles. The fraction of sp³-hybridized carbons (Fsp3) is 0.320. The van der Waals surface area contributed by atoms with E-state index in [-0.39, 0.29) is 24.1 Å². The quantitative estimate of drug-likeness (QED) is 0.572. The van der Waals surface area contributed by atoms with Crippen LogP contribution in [0.25, 0.3) is 16.8 Å². The van der Waals surface area contributed by atoms with Gasteiger partial charge in [-0.3, -0.25) is 9.59 Å². The molecule has 166 valence electrons. The molecule has 2 aromatic carbocycles. The molecule has 7 heteroatoms. The summed E-state index contributed by atoms with van der Waals surface area (Å²) in [6.45, 7) is 0.239. The molecule has 1 heterocycles. The molecule has 1 N–H and O–H groups in total. The molecule has 0 saturated heterocycles. The fourth-order valence-electron chi connectivity index (χ4n) is 4.16. The number of ether oxygens (including phenoxy) is 2. The van der Waals surface area contributed by atoms with E-state index < -0.39 is 0 Å². The molecule has 1 amide bonds. The third kappa shape index (κ3) is 4.51. The molecule has 32 heavy (non-hydrogen) atoms. The van der Waals surface area contributed by atoms with Crippen molar-refractivity contribution in [3.05, 3.63) is 70.2 Å². The number of methoxy groups -OCH3 is 2. The second-order valence-corrected chi connectivity index (χ2v) is 7.85. The highest BCUT2D eigenvalue weighted by atomic mass is 16.5. The lowest BCUT2D eigenvalue weighted by Crippen LogP contribution is -2.30. The molecule has 1 aliphatic carbocycles. The number of carbonyl (C=O) groups is 1. The maximum absolute atomic E-state index is 12.9. The van der Waals surface area contributed by atoms with Crippen molar-refractivity contribution in [1.82, 2.24) is 15.1 Å². The number of amides is 1. The van der Waals surface area contributed by atoms with Gasteiger partial charge in [-0.15, -0.1) is 0 Å². The minimum Gasteiger partial charge on any atom is -0.493 e. The smallest absolute Gasteiger partial charge is 0.274 e. The van der Waals surface area contributed by atoms with Crippen LogP contribution in [0.5, 0.6) is 11.5 Å². The number of nitrogens with zero attached hydrogens (tertiary/aromatic N) is 2. The van der Waals surface area contributed by atoms with Gasteiger partial charge in [0.25, 0.3) is 5.56 Å². The molecule has 0 unspecified atom stereocenters. The standard InChI is InChI=1S/C25H27N3O4/c1-31-22-13-11-17(15-23(22)32-2)12-14-24(29)26-16-21-19-9-5-6-10-20(19)25(30)28(27-21)18-7-3-4-8-18/h5-6,9-15,18H,3-4,7-8,16H2,1-2H3,(H,26,29). The third-order valence-corrected chi connectivity index (χ3v) is 5.84. The molecule has 4 rings (SSSR count). The average molecular weight is 434 g/mol. The largest absolute Gasteiger partial charge is 0.493 e. The summed E-state index contributed by atoms with van der Waals surface area (Å²) in [6.07, 6.45) is 7.33. The highest BCUT2D eigenvalue weighted by molar-refractivity contribution is 5.92. The molecule has 0 bridgehead atoms.